The lowest BCUT2D eigenvalue weighted by molar-refractivity contribution is -0.151. The van der Waals surface area contributed by atoms with E-state index in [1.807, 2.05) is 0 Å². The summed E-state index contributed by atoms with van der Waals surface area (Å²) in [7, 11) is 0. The van der Waals surface area contributed by atoms with E-state index in [9.17, 15) is 17.6 Å². The number of aromatic nitrogens is 2. The highest BCUT2D eigenvalue weighted by Gasteiger charge is 2.41. The highest BCUT2D eigenvalue weighted by atomic mass is 19.4. The van der Waals surface area contributed by atoms with Crippen LogP contribution in [0.2, 0.25) is 0 Å². The van der Waals surface area contributed by atoms with Gasteiger partial charge in [0.05, 0.1) is 5.92 Å². The van der Waals surface area contributed by atoms with E-state index in [1.54, 1.807) is 24.3 Å². The van der Waals surface area contributed by atoms with E-state index in [-0.39, 0.29) is 17.3 Å². The predicted octanol–water partition coefficient (Wildman–Crippen LogP) is 4.76. The zero-order valence-electron chi connectivity index (χ0n) is 12.3. The first-order chi connectivity index (χ1) is 11.4. The molecule has 3 nitrogen and oxygen atoms in total. The maximum atomic E-state index is 13.3. The number of alkyl halides is 3. The molecule has 124 valence electrons. The molecule has 0 spiro atoms. The molecule has 2 aromatic carbocycles. The summed E-state index contributed by atoms with van der Waals surface area (Å²) in [6.07, 6.45) is -4.93. The lowest BCUT2D eigenvalue weighted by atomic mass is 9.95. The van der Waals surface area contributed by atoms with Gasteiger partial charge < -0.3 is 4.52 Å². The number of rotatable bonds is 4. The van der Waals surface area contributed by atoms with Crippen molar-refractivity contribution >= 4 is 0 Å². The number of benzene rings is 2. The fraction of sp³-hybridized carbons (Fsp3) is 0.176. The molecule has 0 radical (unpaired) electrons. The van der Waals surface area contributed by atoms with Gasteiger partial charge >= 0.3 is 6.18 Å². The second-order valence-corrected chi connectivity index (χ2v) is 5.23. The average Bonchev–Trinajstić information content (AvgIpc) is 3.01. The van der Waals surface area contributed by atoms with Gasteiger partial charge in [-0.3, -0.25) is 0 Å². The number of hydrogen-bond acceptors (Lipinski definition) is 3. The summed E-state index contributed by atoms with van der Waals surface area (Å²) in [5.41, 5.74) is 0.462. The van der Waals surface area contributed by atoms with Crippen LogP contribution in [0.25, 0.3) is 11.4 Å². The summed E-state index contributed by atoms with van der Waals surface area (Å²) in [6, 6.07) is 13.0. The molecule has 3 aromatic rings. The zero-order valence-corrected chi connectivity index (χ0v) is 12.3. The lowest BCUT2D eigenvalue weighted by Crippen LogP contribution is -2.23. The van der Waals surface area contributed by atoms with Crippen LogP contribution in [0, 0.1) is 5.82 Å². The summed E-state index contributed by atoms with van der Waals surface area (Å²) >= 11 is 0. The van der Waals surface area contributed by atoms with Gasteiger partial charge in [-0.05, 0) is 17.7 Å². The minimum Gasteiger partial charge on any atom is -0.339 e. The van der Waals surface area contributed by atoms with Gasteiger partial charge in [0.15, 0.2) is 0 Å². The molecular weight excluding hydrogens is 324 g/mol. The minimum absolute atomic E-state index is 0.0542. The Morgan fingerprint density at radius 1 is 1.00 bits per heavy atom. The molecule has 0 saturated heterocycles. The monoisotopic (exact) mass is 336 g/mol. The molecule has 0 N–H and O–H groups in total. The third-order valence-electron chi connectivity index (χ3n) is 3.53. The second kappa shape index (κ2) is 6.43. The van der Waals surface area contributed by atoms with E-state index in [4.69, 9.17) is 4.52 Å². The van der Waals surface area contributed by atoms with Crippen LogP contribution >= 0.6 is 0 Å². The Kier molecular flexibility index (Phi) is 4.33. The molecular formula is C17H12F4N2O. The highest BCUT2D eigenvalue weighted by molar-refractivity contribution is 5.53. The number of halogens is 4. The Morgan fingerprint density at radius 3 is 2.42 bits per heavy atom. The molecule has 7 heteroatoms. The van der Waals surface area contributed by atoms with Crippen LogP contribution in [0.3, 0.4) is 0 Å². The van der Waals surface area contributed by atoms with Gasteiger partial charge in [0, 0.05) is 12.0 Å². The molecule has 1 atom stereocenters. The second-order valence-electron chi connectivity index (χ2n) is 5.23. The Hall–Kier alpha value is -2.70. The standard InChI is InChI=1S/C17H12F4N2O/c18-13-8-4-7-12(9-13)16-22-15(24-23-16)10-14(17(19,20)21)11-5-2-1-3-6-11/h1-9,14H,10H2. The Labute approximate surface area is 134 Å². The summed E-state index contributed by atoms with van der Waals surface area (Å²) in [5, 5.41) is 3.64. The first-order valence-corrected chi connectivity index (χ1v) is 7.13. The Bertz CT molecular complexity index is 815. The van der Waals surface area contributed by atoms with Gasteiger partial charge in [-0.1, -0.05) is 47.6 Å². The van der Waals surface area contributed by atoms with Gasteiger partial charge in [-0.2, -0.15) is 18.2 Å². The quantitative estimate of drug-likeness (QED) is 0.645. The molecule has 0 aliphatic heterocycles. The molecule has 0 bridgehead atoms. The Morgan fingerprint density at radius 2 is 1.75 bits per heavy atom. The molecule has 0 aliphatic carbocycles. The van der Waals surface area contributed by atoms with Crippen molar-refractivity contribution in [1.82, 2.24) is 10.1 Å². The molecule has 1 aromatic heterocycles. The van der Waals surface area contributed by atoms with Gasteiger partial charge in [0.25, 0.3) is 0 Å². The predicted molar refractivity (Wildman–Crippen MR) is 78.6 cm³/mol. The first kappa shape index (κ1) is 16.2. The van der Waals surface area contributed by atoms with E-state index in [0.29, 0.717) is 5.56 Å². The minimum atomic E-state index is -4.45. The molecule has 24 heavy (non-hydrogen) atoms. The van der Waals surface area contributed by atoms with E-state index in [0.717, 1.165) is 0 Å². The van der Waals surface area contributed by atoms with Gasteiger partial charge in [0.2, 0.25) is 11.7 Å². The first-order valence-electron chi connectivity index (χ1n) is 7.13. The summed E-state index contributed by atoms with van der Waals surface area (Å²) in [5.74, 6) is -2.34. The van der Waals surface area contributed by atoms with E-state index in [1.165, 1.54) is 30.3 Å². The van der Waals surface area contributed by atoms with E-state index < -0.39 is 24.3 Å². The third kappa shape index (κ3) is 3.61. The van der Waals surface area contributed by atoms with Crippen molar-refractivity contribution in [2.75, 3.05) is 0 Å². The summed E-state index contributed by atoms with van der Waals surface area (Å²) < 4.78 is 58.1. The topological polar surface area (TPSA) is 38.9 Å². The number of hydrogen-bond donors (Lipinski definition) is 0. The van der Waals surface area contributed by atoms with Crippen LogP contribution in [0.5, 0.6) is 0 Å². The van der Waals surface area contributed by atoms with Crippen LogP contribution in [0.4, 0.5) is 17.6 Å². The molecule has 0 amide bonds. The van der Waals surface area contributed by atoms with Crippen molar-refractivity contribution in [1.29, 1.82) is 0 Å². The van der Waals surface area contributed by atoms with Crippen molar-refractivity contribution in [2.24, 2.45) is 0 Å². The molecule has 0 fully saturated rings. The fourth-order valence-corrected chi connectivity index (χ4v) is 2.37. The third-order valence-corrected chi connectivity index (χ3v) is 3.53. The number of nitrogens with zero attached hydrogens (tertiary/aromatic N) is 2. The Balaban J connectivity index is 1.87. The molecule has 0 saturated carbocycles. The lowest BCUT2D eigenvalue weighted by Gasteiger charge is -2.18. The van der Waals surface area contributed by atoms with E-state index >= 15 is 0 Å². The normalized spacial score (nSPS) is 13.0. The molecule has 1 unspecified atom stereocenters. The van der Waals surface area contributed by atoms with E-state index in [2.05, 4.69) is 10.1 Å². The largest absolute Gasteiger partial charge is 0.396 e. The zero-order chi connectivity index (χ0) is 17.2. The smallest absolute Gasteiger partial charge is 0.339 e. The van der Waals surface area contributed by atoms with Crippen molar-refractivity contribution < 1.29 is 22.1 Å². The van der Waals surface area contributed by atoms with Crippen LogP contribution in [0.15, 0.2) is 59.1 Å². The summed E-state index contributed by atoms with van der Waals surface area (Å²) in [6.45, 7) is 0. The maximum absolute atomic E-state index is 13.3. The molecule has 3 rings (SSSR count). The fourth-order valence-electron chi connectivity index (χ4n) is 2.37. The molecule has 0 aliphatic rings. The SMILES string of the molecule is Fc1cccc(-c2noc(CC(c3ccccc3)C(F)(F)F)n2)c1. The van der Waals surface area contributed by atoms with Gasteiger partial charge in [-0.25, -0.2) is 4.39 Å². The molecule has 1 heterocycles. The van der Waals surface area contributed by atoms with Crippen molar-refractivity contribution in [2.45, 2.75) is 18.5 Å². The van der Waals surface area contributed by atoms with Crippen LogP contribution in [-0.2, 0) is 6.42 Å². The van der Waals surface area contributed by atoms with Crippen molar-refractivity contribution in [3.8, 4) is 11.4 Å². The van der Waals surface area contributed by atoms with Crippen LogP contribution in [0.1, 0.15) is 17.4 Å². The van der Waals surface area contributed by atoms with Crippen molar-refractivity contribution in [3.05, 3.63) is 71.9 Å². The summed E-state index contributed by atoms with van der Waals surface area (Å²) in [4.78, 5) is 3.96. The van der Waals surface area contributed by atoms with Gasteiger partial charge in [0.1, 0.15) is 5.82 Å². The van der Waals surface area contributed by atoms with Crippen molar-refractivity contribution in [3.63, 3.8) is 0 Å². The van der Waals surface area contributed by atoms with Crippen LogP contribution in [-0.4, -0.2) is 16.3 Å². The van der Waals surface area contributed by atoms with Crippen LogP contribution < -0.4 is 0 Å². The van der Waals surface area contributed by atoms with Gasteiger partial charge in [-0.15, -0.1) is 0 Å². The maximum Gasteiger partial charge on any atom is 0.396 e. The highest BCUT2D eigenvalue weighted by Crippen LogP contribution is 2.37. The average molecular weight is 336 g/mol.